The lowest BCUT2D eigenvalue weighted by molar-refractivity contribution is 0.833. The first-order valence-corrected chi connectivity index (χ1v) is 2.71. The zero-order valence-corrected chi connectivity index (χ0v) is 4.09. The number of rotatable bonds is 1. The van der Waals surface area contributed by atoms with Crippen LogP contribution in [0, 0.1) is 5.92 Å². The maximum atomic E-state index is 5.36. The van der Waals surface area contributed by atoms with Crippen LogP contribution in [-0.2, 0) is 0 Å². The van der Waals surface area contributed by atoms with Crippen LogP contribution in [0.2, 0.25) is 0 Å². The van der Waals surface area contributed by atoms with Gasteiger partial charge in [-0.25, -0.2) is 0 Å². The summed E-state index contributed by atoms with van der Waals surface area (Å²) in [5, 5.41) is 0. The van der Waals surface area contributed by atoms with Crippen LogP contribution >= 0.6 is 0 Å². The quantitative estimate of drug-likeness (QED) is 0.495. The minimum Gasteiger partial charge on any atom is -0.386 e. The molecule has 0 amide bonds. The number of nitrogens with zero attached hydrogens (tertiary/aromatic N) is 1. The van der Waals surface area contributed by atoms with E-state index >= 15 is 0 Å². The summed E-state index contributed by atoms with van der Waals surface area (Å²) in [6, 6.07) is 0.500. The van der Waals surface area contributed by atoms with Crippen molar-refractivity contribution in [1.82, 2.24) is 0 Å². The van der Waals surface area contributed by atoms with Gasteiger partial charge in [0.25, 0.3) is 0 Å². The molecule has 1 saturated carbocycles. The Morgan fingerprint density at radius 1 is 1.57 bits per heavy atom. The van der Waals surface area contributed by atoms with Gasteiger partial charge in [0, 0.05) is 0 Å². The maximum Gasteiger partial charge on any atom is 0.120 e. The fourth-order valence-corrected chi connectivity index (χ4v) is 0.882. The van der Waals surface area contributed by atoms with Gasteiger partial charge in [0.1, 0.15) is 11.9 Å². The Kier molecular flexibility index (Phi) is 0.412. The van der Waals surface area contributed by atoms with Crippen molar-refractivity contribution >= 4 is 5.84 Å². The zero-order chi connectivity index (χ0) is 4.85. The van der Waals surface area contributed by atoms with Crippen molar-refractivity contribution in [2.45, 2.75) is 18.9 Å². The lowest BCUT2D eigenvalue weighted by Gasteiger charge is -1.80. The van der Waals surface area contributed by atoms with E-state index in [0.29, 0.717) is 6.04 Å². The van der Waals surface area contributed by atoms with Gasteiger partial charge in [-0.1, -0.05) is 0 Å². The molecule has 0 spiro atoms. The minimum absolute atomic E-state index is 0.500. The normalized spacial score (nSPS) is 37.7. The summed E-state index contributed by atoms with van der Waals surface area (Å²) in [4.78, 5) is 4.01. The fourth-order valence-electron chi connectivity index (χ4n) is 0.882. The third kappa shape index (κ3) is 0.424. The Morgan fingerprint density at radius 3 is 2.29 bits per heavy atom. The predicted molar refractivity (Wildman–Crippen MR) is 28.1 cm³/mol. The number of aliphatic imine (C=N–C) groups is 1. The van der Waals surface area contributed by atoms with Gasteiger partial charge < -0.3 is 5.73 Å². The summed E-state index contributed by atoms with van der Waals surface area (Å²) < 4.78 is 0. The van der Waals surface area contributed by atoms with E-state index in [0.717, 1.165) is 11.8 Å². The van der Waals surface area contributed by atoms with E-state index in [-0.39, 0.29) is 0 Å². The topological polar surface area (TPSA) is 38.4 Å². The monoisotopic (exact) mass is 96.1 g/mol. The predicted octanol–water partition coefficient (Wildman–Crippen LogP) is 0.136. The highest BCUT2D eigenvalue weighted by Gasteiger charge is 2.40. The van der Waals surface area contributed by atoms with Crippen molar-refractivity contribution in [2.75, 3.05) is 0 Å². The standard InChI is InChI=1S/C5H8N2/c6-5-4(7-5)3-1-2-3/h3-4H,1-2H2,(H2,6,7)/t4-/m0/s1. The Balaban J connectivity index is 1.92. The Labute approximate surface area is 42.4 Å². The third-order valence-corrected chi connectivity index (χ3v) is 1.59. The van der Waals surface area contributed by atoms with Crippen LogP contribution in [0.5, 0.6) is 0 Å². The molecule has 0 bridgehead atoms. The molecular formula is C5H8N2. The number of amidine groups is 1. The van der Waals surface area contributed by atoms with Crippen molar-refractivity contribution < 1.29 is 0 Å². The van der Waals surface area contributed by atoms with Crippen molar-refractivity contribution in [1.29, 1.82) is 0 Å². The van der Waals surface area contributed by atoms with E-state index in [9.17, 15) is 0 Å². The van der Waals surface area contributed by atoms with Gasteiger partial charge in [0.2, 0.25) is 0 Å². The molecule has 0 aromatic carbocycles. The van der Waals surface area contributed by atoms with E-state index in [1.54, 1.807) is 0 Å². The molecule has 0 radical (unpaired) electrons. The fraction of sp³-hybridized carbons (Fsp3) is 0.800. The third-order valence-electron chi connectivity index (χ3n) is 1.59. The molecule has 0 aromatic rings. The highest BCUT2D eigenvalue weighted by Crippen LogP contribution is 2.38. The molecule has 0 aromatic heterocycles. The molecular weight excluding hydrogens is 88.1 g/mol. The summed E-state index contributed by atoms with van der Waals surface area (Å²) >= 11 is 0. The average molecular weight is 96.1 g/mol. The number of nitrogens with two attached hydrogens (primary N) is 1. The van der Waals surface area contributed by atoms with Gasteiger partial charge >= 0.3 is 0 Å². The van der Waals surface area contributed by atoms with Crippen molar-refractivity contribution in [3.05, 3.63) is 0 Å². The molecule has 0 saturated heterocycles. The molecule has 1 atom stereocenters. The SMILES string of the molecule is NC1=N[C@H]1C1CC1. The maximum absolute atomic E-state index is 5.36. The second-order valence-electron chi connectivity index (χ2n) is 2.34. The van der Waals surface area contributed by atoms with Crippen LogP contribution in [0.3, 0.4) is 0 Å². The molecule has 2 heteroatoms. The Bertz CT molecular complexity index is 124. The van der Waals surface area contributed by atoms with Gasteiger partial charge in [-0.2, -0.15) is 0 Å². The lowest BCUT2D eigenvalue weighted by Crippen LogP contribution is -2.08. The molecule has 38 valence electrons. The van der Waals surface area contributed by atoms with Gasteiger partial charge in [0.15, 0.2) is 0 Å². The molecule has 2 N–H and O–H groups in total. The summed E-state index contributed by atoms with van der Waals surface area (Å²) in [6.45, 7) is 0. The van der Waals surface area contributed by atoms with Gasteiger partial charge in [-0.15, -0.1) is 0 Å². The lowest BCUT2D eigenvalue weighted by atomic mass is 10.3. The van der Waals surface area contributed by atoms with Gasteiger partial charge in [-0.05, 0) is 18.8 Å². The second-order valence-corrected chi connectivity index (χ2v) is 2.34. The van der Waals surface area contributed by atoms with Gasteiger partial charge in [-0.3, -0.25) is 4.99 Å². The average Bonchev–Trinajstić information content (AvgIpc) is 2.23. The summed E-state index contributed by atoms with van der Waals surface area (Å²) in [5.41, 5.74) is 5.36. The summed E-state index contributed by atoms with van der Waals surface area (Å²) in [5.74, 6) is 1.75. The molecule has 7 heavy (non-hydrogen) atoms. The smallest absolute Gasteiger partial charge is 0.120 e. The first kappa shape index (κ1) is 3.47. The Morgan fingerprint density at radius 2 is 2.14 bits per heavy atom. The van der Waals surface area contributed by atoms with Crippen molar-refractivity contribution in [3.63, 3.8) is 0 Å². The highest BCUT2D eigenvalue weighted by atomic mass is 15.1. The molecule has 2 rings (SSSR count). The zero-order valence-electron chi connectivity index (χ0n) is 4.09. The molecule has 2 aliphatic rings. The summed E-state index contributed by atoms with van der Waals surface area (Å²) in [6.07, 6.45) is 2.71. The van der Waals surface area contributed by atoms with Crippen LogP contribution in [-0.4, -0.2) is 11.9 Å². The van der Waals surface area contributed by atoms with E-state index in [1.807, 2.05) is 0 Å². The highest BCUT2D eigenvalue weighted by molar-refractivity contribution is 5.97. The molecule has 1 fully saturated rings. The van der Waals surface area contributed by atoms with E-state index in [2.05, 4.69) is 4.99 Å². The van der Waals surface area contributed by atoms with E-state index < -0.39 is 0 Å². The molecule has 0 unspecified atom stereocenters. The van der Waals surface area contributed by atoms with E-state index in [4.69, 9.17) is 5.73 Å². The number of hydrogen-bond donors (Lipinski definition) is 1. The van der Waals surface area contributed by atoms with Crippen LogP contribution in [0.1, 0.15) is 12.8 Å². The second kappa shape index (κ2) is 0.831. The van der Waals surface area contributed by atoms with Crippen molar-refractivity contribution in [2.24, 2.45) is 16.6 Å². The van der Waals surface area contributed by atoms with Crippen LogP contribution in [0.15, 0.2) is 4.99 Å². The molecule has 1 heterocycles. The first-order chi connectivity index (χ1) is 3.38. The number of hydrogen-bond acceptors (Lipinski definition) is 2. The van der Waals surface area contributed by atoms with Crippen LogP contribution < -0.4 is 5.73 Å². The van der Waals surface area contributed by atoms with Crippen LogP contribution in [0.25, 0.3) is 0 Å². The van der Waals surface area contributed by atoms with Gasteiger partial charge in [0.05, 0.1) is 0 Å². The largest absolute Gasteiger partial charge is 0.386 e. The molecule has 1 aliphatic carbocycles. The van der Waals surface area contributed by atoms with E-state index in [1.165, 1.54) is 12.8 Å². The minimum atomic E-state index is 0.500. The first-order valence-electron chi connectivity index (χ1n) is 2.71. The van der Waals surface area contributed by atoms with Crippen molar-refractivity contribution in [3.8, 4) is 0 Å². The Hall–Kier alpha value is -0.530. The summed E-state index contributed by atoms with van der Waals surface area (Å²) in [7, 11) is 0. The molecule has 2 nitrogen and oxygen atoms in total. The molecule has 1 aliphatic heterocycles. The van der Waals surface area contributed by atoms with Crippen LogP contribution in [0.4, 0.5) is 0 Å².